The van der Waals surface area contributed by atoms with Gasteiger partial charge in [0, 0.05) is 12.1 Å². The zero-order valence-electron chi connectivity index (χ0n) is 11.9. The van der Waals surface area contributed by atoms with Gasteiger partial charge >= 0.3 is 0 Å². The van der Waals surface area contributed by atoms with E-state index in [4.69, 9.17) is 0 Å². The first-order valence-electron chi connectivity index (χ1n) is 7.20. The highest BCUT2D eigenvalue weighted by atomic mass is 16.1. The van der Waals surface area contributed by atoms with Gasteiger partial charge in [-0.1, -0.05) is 49.6 Å². The number of carbonyl (C=O) groups is 1. The summed E-state index contributed by atoms with van der Waals surface area (Å²) >= 11 is 0. The zero-order chi connectivity index (χ0) is 13.7. The van der Waals surface area contributed by atoms with Gasteiger partial charge in [-0.05, 0) is 37.3 Å². The Morgan fingerprint density at radius 3 is 2.58 bits per heavy atom. The van der Waals surface area contributed by atoms with Crippen molar-refractivity contribution in [3.8, 4) is 0 Å². The highest BCUT2D eigenvalue weighted by Crippen LogP contribution is 2.23. The molecule has 102 valence electrons. The van der Waals surface area contributed by atoms with Gasteiger partial charge in [0.2, 0.25) is 5.91 Å². The van der Waals surface area contributed by atoms with Crippen LogP contribution in [0.4, 0.5) is 0 Å². The summed E-state index contributed by atoms with van der Waals surface area (Å²) in [7, 11) is 0. The number of carbonyl (C=O) groups excluding carboxylic acids is 1. The molecule has 1 aliphatic carbocycles. The van der Waals surface area contributed by atoms with E-state index < -0.39 is 0 Å². The van der Waals surface area contributed by atoms with Crippen molar-refractivity contribution < 1.29 is 4.79 Å². The Bertz CT molecular complexity index is 447. The van der Waals surface area contributed by atoms with Crippen molar-refractivity contribution in [2.45, 2.75) is 45.6 Å². The molecule has 0 aliphatic heterocycles. The van der Waals surface area contributed by atoms with Crippen LogP contribution in [0, 0.1) is 12.8 Å². The quantitative estimate of drug-likeness (QED) is 0.822. The maximum absolute atomic E-state index is 11.9. The molecule has 0 saturated heterocycles. The van der Waals surface area contributed by atoms with E-state index in [1.165, 1.54) is 24.8 Å². The lowest BCUT2D eigenvalue weighted by Crippen LogP contribution is -2.40. The van der Waals surface area contributed by atoms with Crippen LogP contribution in [-0.4, -0.2) is 11.9 Å². The summed E-state index contributed by atoms with van der Waals surface area (Å²) in [6, 6.07) is 8.52. The fourth-order valence-corrected chi connectivity index (χ4v) is 2.61. The fourth-order valence-electron chi connectivity index (χ4n) is 2.61. The van der Waals surface area contributed by atoms with Gasteiger partial charge in [-0.25, -0.2) is 0 Å². The minimum atomic E-state index is 0.0272. The smallest absolute Gasteiger partial charge is 0.244 e. The van der Waals surface area contributed by atoms with E-state index in [9.17, 15) is 4.79 Å². The van der Waals surface area contributed by atoms with Crippen LogP contribution < -0.4 is 5.32 Å². The maximum Gasteiger partial charge on any atom is 0.244 e. The number of hydrogen-bond acceptors (Lipinski definition) is 1. The van der Waals surface area contributed by atoms with Gasteiger partial charge in [0.15, 0.2) is 0 Å². The van der Waals surface area contributed by atoms with Crippen LogP contribution in [0.5, 0.6) is 0 Å². The number of nitrogens with one attached hydrogen (secondary N) is 1. The topological polar surface area (TPSA) is 29.1 Å². The molecule has 0 radical (unpaired) electrons. The van der Waals surface area contributed by atoms with Crippen molar-refractivity contribution in [2.75, 3.05) is 0 Å². The molecule has 1 aliphatic rings. The highest BCUT2D eigenvalue weighted by Gasteiger charge is 2.21. The molecule has 2 atom stereocenters. The Hall–Kier alpha value is -1.57. The Kier molecular flexibility index (Phi) is 4.78. The average molecular weight is 257 g/mol. The van der Waals surface area contributed by atoms with Crippen LogP contribution in [-0.2, 0) is 4.79 Å². The third kappa shape index (κ3) is 4.23. The Labute approximate surface area is 115 Å². The van der Waals surface area contributed by atoms with Crippen molar-refractivity contribution in [1.82, 2.24) is 5.32 Å². The SMILES string of the molecule is Cc1ccc(/C=C/C(=O)N[C@H]2CCCC[C@@H]2C)cc1. The van der Waals surface area contributed by atoms with E-state index in [2.05, 4.69) is 31.3 Å². The van der Waals surface area contributed by atoms with Crippen LogP contribution in [0.2, 0.25) is 0 Å². The van der Waals surface area contributed by atoms with Gasteiger partial charge in [-0.15, -0.1) is 0 Å². The van der Waals surface area contributed by atoms with Gasteiger partial charge in [0.1, 0.15) is 0 Å². The summed E-state index contributed by atoms with van der Waals surface area (Å²) in [5.74, 6) is 0.629. The predicted octanol–water partition coefficient (Wildman–Crippen LogP) is 3.70. The second-order valence-electron chi connectivity index (χ2n) is 5.62. The standard InChI is InChI=1S/C17H23NO/c1-13-7-9-15(10-8-13)11-12-17(19)18-16-6-4-3-5-14(16)2/h7-12,14,16H,3-6H2,1-2H3,(H,18,19)/b12-11+/t14-,16-/m0/s1. The number of benzene rings is 1. The minimum Gasteiger partial charge on any atom is -0.350 e. The molecule has 2 heteroatoms. The van der Waals surface area contributed by atoms with Crippen molar-refractivity contribution in [3.63, 3.8) is 0 Å². The molecule has 0 unspecified atom stereocenters. The highest BCUT2D eigenvalue weighted by molar-refractivity contribution is 5.91. The monoisotopic (exact) mass is 257 g/mol. The van der Waals surface area contributed by atoms with Gasteiger partial charge < -0.3 is 5.32 Å². The van der Waals surface area contributed by atoms with Crippen molar-refractivity contribution in [1.29, 1.82) is 0 Å². The molecule has 1 N–H and O–H groups in total. The fraction of sp³-hybridized carbons (Fsp3) is 0.471. The molecular formula is C17H23NO. The molecule has 1 aromatic carbocycles. The van der Waals surface area contributed by atoms with E-state index in [-0.39, 0.29) is 5.91 Å². The molecule has 0 heterocycles. The predicted molar refractivity (Wildman–Crippen MR) is 79.8 cm³/mol. The van der Waals surface area contributed by atoms with Gasteiger partial charge in [-0.2, -0.15) is 0 Å². The Morgan fingerprint density at radius 1 is 1.21 bits per heavy atom. The van der Waals surface area contributed by atoms with Crippen LogP contribution in [0.1, 0.15) is 43.7 Å². The second kappa shape index (κ2) is 6.55. The van der Waals surface area contributed by atoms with Crippen molar-refractivity contribution >= 4 is 12.0 Å². The van der Waals surface area contributed by atoms with Crippen LogP contribution in [0.15, 0.2) is 30.3 Å². The summed E-state index contributed by atoms with van der Waals surface area (Å²) in [6.07, 6.45) is 8.40. The normalized spacial score (nSPS) is 23.5. The van der Waals surface area contributed by atoms with E-state index in [0.717, 1.165) is 12.0 Å². The molecule has 0 bridgehead atoms. The first kappa shape index (κ1) is 13.9. The lowest BCUT2D eigenvalue weighted by atomic mass is 9.86. The van der Waals surface area contributed by atoms with Crippen molar-refractivity contribution in [2.24, 2.45) is 5.92 Å². The third-order valence-corrected chi connectivity index (χ3v) is 3.94. The molecule has 19 heavy (non-hydrogen) atoms. The molecule has 1 aromatic rings. The number of aryl methyl sites for hydroxylation is 1. The number of amides is 1. The maximum atomic E-state index is 11.9. The molecule has 1 amide bonds. The van der Waals surface area contributed by atoms with E-state index in [0.29, 0.717) is 12.0 Å². The summed E-state index contributed by atoms with van der Waals surface area (Å²) in [5.41, 5.74) is 2.30. The van der Waals surface area contributed by atoms with E-state index in [1.807, 2.05) is 18.2 Å². The summed E-state index contributed by atoms with van der Waals surface area (Å²) in [4.78, 5) is 11.9. The first-order valence-corrected chi connectivity index (χ1v) is 7.20. The minimum absolute atomic E-state index is 0.0272. The average Bonchev–Trinajstić information content (AvgIpc) is 2.41. The van der Waals surface area contributed by atoms with Gasteiger partial charge in [0.05, 0.1) is 0 Å². The lowest BCUT2D eigenvalue weighted by molar-refractivity contribution is -0.117. The van der Waals surface area contributed by atoms with Crippen molar-refractivity contribution in [3.05, 3.63) is 41.5 Å². The third-order valence-electron chi connectivity index (χ3n) is 3.94. The molecule has 0 spiro atoms. The number of rotatable bonds is 3. The second-order valence-corrected chi connectivity index (χ2v) is 5.62. The van der Waals surface area contributed by atoms with E-state index >= 15 is 0 Å². The lowest BCUT2D eigenvalue weighted by Gasteiger charge is -2.29. The molecule has 2 nitrogen and oxygen atoms in total. The first-order chi connectivity index (χ1) is 9.15. The van der Waals surface area contributed by atoms with Gasteiger partial charge in [0.25, 0.3) is 0 Å². The van der Waals surface area contributed by atoms with Crippen LogP contribution in [0.3, 0.4) is 0 Å². The molecule has 1 fully saturated rings. The summed E-state index contributed by atoms with van der Waals surface area (Å²) in [5, 5.41) is 3.12. The van der Waals surface area contributed by atoms with Gasteiger partial charge in [-0.3, -0.25) is 4.79 Å². The zero-order valence-corrected chi connectivity index (χ0v) is 11.9. The largest absolute Gasteiger partial charge is 0.350 e. The number of hydrogen-bond donors (Lipinski definition) is 1. The van der Waals surface area contributed by atoms with Crippen LogP contribution >= 0.6 is 0 Å². The summed E-state index contributed by atoms with van der Waals surface area (Å²) in [6.45, 7) is 4.29. The molecule has 0 aromatic heterocycles. The van der Waals surface area contributed by atoms with E-state index in [1.54, 1.807) is 6.08 Å². The Morgan fingerprint density at radius 2 is 1.89 bits per heavy atom. The molecule has 2 rings (SSSR count). The van der Waals surface area contributed by atoms with Crippen LogP contribution in [0.25, 0.3) is 6.08 Å². The molecular weight excluding hydrogens is 234 g/mol. The Balaban J connectivity index is 1.88. The summed E-state index contributed by atoms with van der Waals surface area (Å²) < 4.78 is 0. The molecule has 1 saturated carbocycles.